The number of nitrogens with two attached hydrogens (primary N) is 1. The summed E-state index contributed by atoms with van der Waals surface area (Å²) in [5.41, 5.74) is 5.43. The Hall–Kier alpha value is -0.580. The van der Waals surface area contributed by atoms with Crippen molar-refractivity contribution in [1.29, 1.82) is 0 Å². The van der Waals surface area contributed by atoms with E-state index < -0.39 is 5.60 Å². The van der Waals surface area contributed by atoms with E-state index in [0.717, 1.165) is 15.8 Å². The summed E-state index contributed by atoms with van der Waals surface area (Å²) in [6.07, 6.45) is 0.586. The fourth-order valence-corrected chi connectivity index (χ4v) is 1.96. The maximum absolute atomic E-state index is 10.2. The summed E-state index contributed by atoms with van der Waals surface area (Å²) in [6, 6.07) is 5.49. The third kappa shape index (κ3) is 2.51. The molecule has 0 radical (unpaired) electrons. The quantitative estimate of drug-likeness (QED) is 0.883. The average molecular weight is 274 g/mol. The van der Waals surface area contributed by atoms with Crippen LogP contribution in [-0.4, -0.2) is 18.8 Å². The highest BCUT2D eigenvalue weighted by Crippen LogP contribution is 2.31. The molecule has 0 spiro atoms. The van der Waals surface area contributed by atoms with Gasteiger partial charge in [-0.1, -0.05) is 13.0 Å². The Bertz CT molecular complexity index is 337. The second-order valence-electron chi connectivity index (χ2n) is 3.44. The van der Waals surface area contributed by atoms with Crippen LogP contribution in [0.4, 0.5) is 0 Å². The number of methoxy groups -OCH3 is 1. The first-order chi connectivity index (χ1) is 7.07. The summed E-state index contributed by atoms with van der Waals surface area (Å²) >= 11 is 3.38. The van der Waals surface area contributed by atoms with Crippen molar-refractivity contribution in [2.45, 2.75) is 18.9 Å². The lowest BCUT2D eigenvalue weighted by atomic mass is 9.91. The second-order valence-corrected chi connectivity index (χ2v) is 4.29. The van der Waals surface area contributed by atoms with Gasteiger partial charge in [-0.05, 0) is 40.0 Å². The molecule has 15 heavy (non-hydrogen) atoms. The fraction of sp³-hybridized carbons (Fsp3) is 0.455. The predicted octanol–water partition coefficient (Wildman–Crippen LogP) is 2.01. The molecule has 1 aromatic rings. The normalized spacial score (nSPS) is 14.7. The van der Waals surface area contributed by atoms with Crippen molar-refractivity contribution in [3.8, 4) is 5.75 Å². The summed E-state index contributed by atoms with van der Waals surface area (Å²) in [5.74, 6) is 0.745. The molecule has 0 aliphatic heterocycles. The first-order valence-corrected chi connectivity index (χ1v) is 5.63. The van der Waals surface area contributed by atoms with E-state index in [9.17, 15) is 5.11 Å². The van der Waals surface area contributed by atoms with E-state index in [-0.39, 0.29) is 6.54 Å². The minimum absolute atomic E-state index is 0.211. The highest BCUT2D eigenvalue weighted by Gasteiger charge is 2.25. The molecule has 3 N–H and O–H groups in total. The monoisotopic (exact) mass is 273 g/mol. The third-order valence-corrected chi connectivity index (χ3v) is 3.23. The molecule has 0 aromatic heterocycles. The summed E-state index contributed by atoms with van der Waals surface area (Å²) in [5, 5.41) is 10.2. The molecule has 0 fully saturated rings. The Morgan fingerprint density at radius 3 is 2.60 bits per heavy atom. The van der Waals surface area contributed by atoms with Crippen LogP contribution >= 0.6 is 15.9 Å². The van der Waals surface area contributed by atoms with E-state index >= 15 is 0 Å². The molecule has 1 unspecified atom stereocenters. The van der Waals surface area contributed by atoms with Crippen LogP contribution < -0.4 is 10.5 Å². The van der Waals surface area contributed by atoms with Crippen molar-refractivity contribution in [2.24, 2.45) is 5.73 Å². The predicted molar refractivity (Wildman–Crippen MR) is 63.9 cm³/mol. The summed E-state index contributed by atoms with van der Waals surface area (Å²) < 4.78 is 5.94. The van der Waals surface area contributed by atoms with Crippen LogP contribution in [0.15, 0.2) is 22.7 Å². The van der Waals surface area contributed by atoms with Crippen LogP contribution in [0.25, 0.3) is 0 Å². The molecule has 1 atom stereocenters. The van der Waals surface area contributed by atoms with Crippen LogP contribution in [0.3, 0.4) is 0 Å². The van der Waals surface area contributed by atoms with Gasteiger partial charge in [-0.25, -0.2) is 0 Å². The lowest BCUT2D eigenvalue weighted by Crippen LogP contribution is -2.34. The van der Waals surface area contributed by atoms with Crippen LogP contribution in [0.1, 0.15) is 18.9 Å². The van der Waals surface area contributed by atoms with Gasteiger partial charge in [0.25, 0.3) is 0 Å². The maximum atomic E-state index is 10.2. The van der Waals surface area contributed by atoms with Gasteiger partial charge in [0, 0.05) is 6.54 Å². The standard InChI is InChI=1S/C11H16BrNO2/c1-3-11(14,7-13)8-4-5-10(15-2)9(12)6-8/h4-6,14H,3,7,13H2,1-2H3. The SMILES string of the molecule is CCC(O)(CN)c1ccc(OC)c(Br)c1. The van der Waals surface area contributed by atoms with Crippen molar-refractivity contribution in [3.63, 3.8) is 0 Å². The Morgan fingerprint density at radius 1 is 1.53 bits per heavy atom. The number of halogens is 1. The highest BCUT2D eigenvalue weighted by atomic mass is 79.9. The van der Waals surface area contributed by atoms with Crippen LogP contribution in [0, 0.1) is 0 Å². The Balaban J connectivity index is 3.11. The molecule has 0 bridgehead atoms. The second kappa shape index (κ2) is 4.96. The molecule has 0 aliphatic carbocycles. The number of aliphatic hydroxyl groups is 1. The zero-order valence-electron chi connectivity index (χ0n) is 8.96. The van der Waals surface area contributed by atoms with E-state index in [4.69, 9.17) is 10.5 Å². The minimum Gasteiger partial charge on any atom is -0.496 e. The van der Waals surface area contributed by atoms with Crippen molar-refractivity contribution < 1.29 is 9.84 Å². The fourth-order valence-electron chi connectivity index (χ4n) is 1.42. The van der Waals surface area contributed by atoms with Gasteiger partial charge < -0.3 is 15.6 Å². The van der Waals surface area contributed by atoms with E-state index in [1.807, 2.05) is 25.1 Å². The lowest BCUT2D eigenvalue weighted by Gasteiger charge is -2.25. The molecule has 4 heteroatoms. The number of benzene rings is 1. The lowest BCUT2D eigenvalue weighted by molar-refractivity contribution is 0.0417. The largest absolute Gasteiger partial charge is 0.496 e. The number of rotatable bonds is 4. The highest BCUT2D eigenvalue weighted by molar-refractivity contribution is 9.10. The number of hydrogen-bond acceptors (Lipinski definition) is 3. The Labute approximate surface area is 98.4 Å². The van der Waals surface area contributed by atoms with E-state index in [2.05, 4.69) is 15.9 Å². The first-order valence-electron chi connectivity index (χ1n) is 4.84. The van der Waals surface area contributed by atoms with Crippen molar-refractivity contribution in [2.75, 3.05) is 13.7 Å². The molecular weight excluding hydrogens is 258 g/mol. The van der Waals surface area contributed by atoms with Crippen molar-refractivity contribution >= 4 is 15.9 Å². The van der Waals surface area contributed by atoms with Gasteiger partial charge in [0.1, 0.15) is 11.4 Å². The third-order valence-electron chi connectivity index (χ3n) is 2.61. The Kier molecular flexibility index (Phi) is 4.13. The van der Waals surface area contributed by atoms with Gasteiger partial charge in [0.05, 0.1) is 11.6 Å². The summed E-state index contributed by atoms with van der Waals surface area (Å²) in [6.45, 7) is 2.12. The smallest absolute Gasteiger partial charge is 0.133 e. The van der Waals surface area contributed by atoms with Crippen molar-refractivity contribution in [1.82, 2.24) is 0 Å². The van der Waals surface area contributed by atoms with Gasteiger partial charge in [-0.2, -0.15) is 0 Å². The van der Waals surface area contributed by atoms with Gasteiger partial charge in [0.15, 0.2) is 0 Å². The summed E-state index contributed by atoms with van der Waals surface area (Å²) in [4.78, 5) is 0. The van der Waals surface area contributed by atoms with E-state index in [1.165, 1.54) is 0 Å². The average Bonchev–Trinajstić information content (AvgIpc) is 2.28. The molecule has 0 aliphatic rings. The van der Waals surface area contributed by atoms with Gasteiger partial charge >= 0.3 is 0 Å². The van der Waals surface area contributed by atoms with Crippen LogP contribution in [0.2, 0.25) is 0 Å². The Morgan fingerprint density at radius 2 is 2.20 bits per heavy atom. The van der Waals surface area contributed by atoms with E-state index in [0.29, 0.717) is 6.42 Å². The maximum Gasteiger partial charge on any atom is 0.133 e. The van der Waals surface area contributed by atoms with E-state index in [1.54, 1.807) is 7.11 Å². The van der Waals surface area contributed by atoms with Crippen molar-refractivity contribution in [3.05, 3.63) is 28.2 Å². The van der Waals surface area contributed by atoms with Gasteiger partial charge in [0.2, 0.25) is 0 Å². The molecule has 84 valence electrons. The van der Waals surface area contributed by atoms with Gasteiger partial charge in [-0.3, -0.25) is 0 Å². The zero-order chi connectivity index (χ0) is 11.5. The molecule has 1 aromatic carbocycles. The molecule has 3 nitrogen and oxygen atoms in total. The van der Waals surface area contributed by atoms with Gasteiger partial charge in [-0.15, -0.1) is 0 Å². The molecular formula is C11H16BrNO2. The van der Waals surface area contributed by atoms with Crippen LogP contribution in [0.5, 0.6) is 5.75 Å². The first kappa shape index (κ1) is 12.5. The summed E-state index contributed by atoms with van der Waals surface area (Å²) in [7, 11) is 1.61. The minimum atomic E-state index is -0.950. The zero-order valence-corrected chi connectivity index (χ0v) is 10.5. The molecule has 0 saturated heterocycles. The number of hydrogen-bond donors (Lipinski definition) is 2. The number of ether oxygens (including phenoxy) is 1. The topological polar surface area (TPSA) is 55.5 Å². The molecule has 1 rings (SSSR count). The molecule has 0 amide bonds. The molecule has 0 heterocycles. The molecule has 0 saturated carbocycles. The van der Waals surface area contributed by atoms with Crippen LogP contribution in [-0.2, 0) is 5.60 Å².